The number of rotatable bonds is 12. The summed E-state index contributed by atoms with van der Waals surface area (Å²) in [6.07, 6.45) is 2.71. The van der Waals surface area contributed by atoms with Gasteiger partial charge in [-0.2, -0.15) is 5.26 Å². The van der Waals surface area contributed by atoms with Crippen molar-refractivity contribution >= 4 is 42.3 Å². The zero-order valence-corrected chi connectivity index (χ0v) is 42.3. The molecule has 0 saturated heterocycles. The van der Waals surface area contributed by atoms with Crippen LogP contribution in [0.25, 0.3) is 42.1 Å². The van der Waals surface area contributed by atoms with Crippen LogP contribution in [0.3, 0.4) is 0 Å². The van der Waals surface area contributed by atoms with Gasteiger partial charge in [0, 0.05) is 26.1 Å². The van der Waals surface area contributed by atoms with Crippen LogP contribution in [0.5, 0.6) is 0 Å². The van der Waals surface area contributed by atoms with Crippen LogP contribution in [0.4, 0.5) is 0 Å². The summed E-state index contributed by atoms with van der Waals surface area (Å²) >= 11 is 1.94. The lowest BCUT2D eigenvalue weighted by Crippen LogP contribution is -2.29. The van der Waals surface area contributed by atoms with Gasteiger partial charge in [0.25, 0.3) is 0 Å². The maximum absolute atomic E-state index is 10.1. The fourth-order valence-corrected chi connectivity index (χ4v) is 13.6. The van der Waals surface area contributed by atoms with Crippen molar-refractivity contribution < 1.29 is 0 Å². The van der Waals surface area contributed by atoms with Gasteiger partial charge >= 0.3 is 0 Å². The van der Waals surface area contributed by atoms with Gasteiger partial charge < -0.3 is 0 Å². The number of nitriles is 1. The van der Waals surface area contributed by atoms with Crippen molar-refractivity contribution in [2.24, 2.45) is 0 Å². The van der Waals surface area contributed by atoms with E-state index in [1.54, 1.807) is 0 Å². The summed E-state index contributed by atoms with van der Waals surface area (Å²) in [4.78, 5) is 0. The molecule has 0 radical (unpaired) electrons. The van der Waals surface area contributed by atoms with Gasteiger partial charge in [-0.15, -0.1) is 11.3 Å². The first-order chi connectivity index (χ1) is 35.3. The third-order valence-corrected chi connectivity index (χ3v) is 17.4. The molecule has 0 spiro atoms. The number of fused-ring (bicyclic) bond motifs is 8. The second-order valence-corrected chi connectivity index (χ2v) is 21.4. The van der Waals surface area contributed by atoms with Crippen molar-refractivity contribution in [1.29, 1.82) is 5.26 Å². The summed E-state index contributed by atoms with van der Waals surface area (Å²) < 4.78 is 2.73. The summed E-state index contributed by atoms with van der Waals surface area (Å²) in [5, 5.41) is 15.4. The normalized spacial score (nSPS) is 13.9. The number of hydrogen-bond donors (Lipinski definition) is 0. The standard InChI is InChI=1S/C70H57NS/c1-45-26-34-55(35-27-45)70(56-36-28-46(2)29-37-56)65-42-52(48(4)64(51-18-9-6-10-19-51)41-49-31-30-47(3)54(40-49)44-71)32-39-63(65)68-60-22-12-11-20-57(60)53(43-66(68)70)33-38-58(50-16-7-5-8-17-50)61-23-15-24-62-59-21-13-14-25-67(59)72-69(61)62/h5-32,34-37,39-40,42-43,48,58,64H,33,38,41H2,1-4H3. The van der Waals surface area contributed by atoms with Gasteiger partial charge in [0.1, 0.15) is 0 Å². The second-order valence-electron chi connectivity index (χ2n) is 20.4. The topological polar surface area (TPSA) is 23.8 Å². The van der Waals surface area contributed by atoms with Crippen molar-refractivity contribution in [3.05, 3.63) is 296 Å². The molecule has 1 aromatic heterocycles. The summed E-state index contributed by atoms with van der Waals surface area (Å²) in [5.74, 6) is 0.549. The Kier molecular flexibility index (Phi) is 11.8. The maximum atomic E-state index is 10.1. The average Bonchev–Trinajstić information content (AvgIpc) is 3.95. The molecule has 0 fully saturated rings. The minimum absolute atomic E-state index is 0.162. The van der Waals surface area contributed by atoms with Crippen molar-refractivity contribution in [2.75, 3.05) is 0 Å². The quantitative estimate of drug-likeness (QED) is 0.120. The second kappa shape index (κ2) is 18.7. The Hall–Kier alpha value is -7.83. The Morgan fingerprint density at radius 1 is 0.528 bits per heavy atom. The number of nitrogens with zero attached hydrogens (tertiary/aromatic N) is 1. The van der Waals surface area contributed by atoms with Gasteiger partial charge in [-0.3, -0.25) is 0 Å². The highest BCUT2D eigenvalue weighted by Gasteiger charge is 2.47. The van der Waals surface area contributed by atoms with Crippen LogP contribution < -0.4 is 0 Å². The molecule has 348 valence electrons. The molecule has 0 amide bonds. The Balaban J connectivity index is 1.05. The van der Waals surface area contributed by atoms with E-state index in [0.29, 0.717) is 0 Å². The van der Waals surface area contributed by atoms with E-state index in [4.69, 9.17) is 0 Å². The van der Waals surface area contributed by atoms with Crippen LogP contribution in [0.15, 0.2) is 218 Å². The van der Waals surface area contributed by atoms with E-state index in [1.165, 1.54) is 109 Å². The van der Waals surface area contributed by atoms with E-state index in [2.05, 4.69) is 245 Å². The summed E-state index contributed by atoms with van der Waals surface area (Å²) in [5.41, 5.74) is 19.5. The highest BCUT2D eigenvalue weighted by Crippen LogP contribution is 2.59. The minimum atomic E-state index is -0.594. The average molecular weight is 944 g/mol. The van der Waals surface area contributed by atoms with Crippen LogP contribution in [-0.2, 0) is 18.3 Å². The van der Waals surface area contributed by atoms with E-state index >= 15 is 0 Å². The molecule has 1 aliphatic rings. The molecule has 0 bridgehead atoms. The molecule has 11 aromatic rings. The first-order valence-corrected chi connectivity index (χ1v) is 26.5. The van der Waals surface area contributed by atoms with Crippen LogP contribution in [0.1, 0.15) is 109 Å². The lowest BCUT2D eigenvalue weighted by molar-refractivity contribution is 0.571. The molecule has 1 nitrogen and oxygen atoms in total. The molecule has 3 unspecified atom stereocenters. The number of aryl methyl sites for hydroxylation is 4. The van der Waals surface area contributed by atoms with Gasteiger partial charge in [0.2, 0.25) is 0 Å². The molecule has 2 heteroatoms. The van der Waals surface area contributed by atoms with Crippen molar-refractivity contribution in [1.82, 2.24) is 0 Å². The Morgan fingerprint density at radius 3 is 1.85 bits per heavy atom. The zero-order chi connectivity index (χ0) is 48.9. The third-order valence-electron chi connectivity index (χ3n) is 16.2. The number of hydrogen-bond acceptors (Lipinski definition) is 2. The first-order valence-electron chi connectivity index (χ1n) is 25.6. The molecule has 3 atom stereocenters. The predicted molar refractivity (Wildman–Crippen MR) is 304 cm³/mol. The Labute approximate surface area is 428 Å². The first kappa shape index (κ1) is 45.3. The molecule has 12 rings (SSSR count). The third kappa shape index (κ3) is 7.76. The highest BCUT2D eigenvalue weighted by molar-refractivity contribution is 7.26. The highest BCUT2D eigenvalue weighted by atomic mass is 32.1. The van der Waals surface area contributed by atoms with E-state index in [-0.39, 0.29) is 17.8 Å². The smallest absolute Gasteiger partial charge is 0.0994 e. The van der Waals surface area contributed by atoms with Crippen LogP contribution in [-0.4, -0.2) is 0 Å². The predicted octanol–water partition coefficient (Wildman–Crippen LogP) is 18.3. The minimum Gasteiger partial charge on any atom is -0.192 e. The van der Waals surface area contributed by atoms with Gasteiger partial charge in [0.15, 0.2) is 0 Å². The molecular formula is C70H57NS. The molecule has 1 heterocycles. The fourth-order valence-electron chi connectivity index (χ4n) is 12.4. The number of thiophene rings is 1. The van der Waals surface area contributed by atoms with E-state index in [1.807, 2.05) is 18.3 Å². The molecule has 0 N–H and O–H groups in total. The molecule has 0 saturated carbocycles. The maximum Gasteiger partial charge on any atom is 0.0994 e. The van der Waals surface area contributed by atoms with Gasteiger partial charge in [-0.05, 0) is 147 Å². The Bertz CT molecular complexity index is 3790. The molecule has 10 aromatic carbocycles. The number of benzene rings is 10. The fraction of sp³-hybridized carbons (Fsp3) is 0.157. The lowest BCUT2D eigenvalue weighted by atomic mass is 9.66. The molecule has 72 heavy (non-hydrogen) atoms. The Morgan fingerprint density at radius 2 is 1.15 bits per heavy atom. The van der Waals surface area contributed by atoms with Crippen molar-refractivity contribution in [3.8, 4) is 17.2 Å². The van der Waals surface area contributed by atoms with Gasteiger partial charge in [0.05, 0.1) is 17.0 Å². The molecule has 1 aliphatic carbocycles. The summed E-state index contributed by atoms with van der Waals surface area (Å²) in [6, 6.07) is 85.1. The zero-order valence-electron chi connectivity index (χ0n) is 41.5. The van der Waals surface area contributed by atoms with Crippen LogP contribution in [0.2, 0.25) is 0 Å². The monoisotopic (exact) mass is 943 g/mol. The van der Waals surface area contributed by atoms with Gasteiger partial charge in [-0.25, -0.2) is 0 Å². The van der Waals surface area contributed by atoms with E-state index in [0.717, 1.165) is 30.4 Å². The molecule has 0 aliphatic heterocycles. The summed E-state index contributed by atoms with van der Waals surface area (Å²) in [6.45, 7) is 8.84. The lowest BCUT2D eigenvalue weighted by Gasteiger charge is -2.35. The van der Waals surface area contributed by atoms with Crippen molar-refractivity contribution in [2.45, 2.75) is 70.1 Å². The van der Waals surface area contributed by atoms with Gasteiger partial charge in [-0.1, -0.05) is 224 Å². The van der Waals surface area contributed by atoms with Crippen molar-refractivity contribution in [3.63, 3.8) is 0 Å². The van der Waals surface area contributed by atoms with E-state index < -0.39 is 5.41 Å². The SMILES string of the molecule is Cc1ccc(C2(c3ccc(C)cc3)c3cc(C(C)C(Cc4ccc(C)c(C#N)c4)c4ccccc4)ccc3-c3c2cc(CCC(c2ccccc2)c2cccc4c2sc2ccccc24)c2ccccc32)cc1. The molecular weight excluding hydrogens is 887 g/mol. The summed E-state index contributed by atoms with van der Waals surface area (Å²) in [7, 11) is 0. The van der Waals surface area contributed by atoms with Crippen LogP contribution in [0, 0.1) is 32.1 Å². The van der Waals surface area contributed by atoms with Crippen LogP contribution >= 0.6 is 11.3 Å². The largest absolute Gasteiger partial charge is 0.192 e. The van der Waals surface area contributed by atoms with E-state index in [9.17, 15) is 5.26 Å².